The number of carbonyl (C=O) groups excluding carboxylic acids is 2. The zero-order chi connectivity index (χ0) is 9.40. The number of rotatable bonds is 7. The van der Waals surface area contributed by atoms with Crippen molar-refractivity contribution in [3.8, 4) is 0 Å². The molecule has 0 aliphatic heterocycles. The van der Waals surface area contributed by atoms with Gasteiger partial charge in [-0.3, -0.25) is 0 Å². The first-order valence-electron chi connectivity index (χ1n) is 3.83. The Kier molecular flexibility index (Phi) is 6.51. The average molecular weight is 174 g/mol. The van der Waals surface area contributed by atoms with E-state index in [1.165, 1.54) is 7.11 Å². The lowest BCUT2D eigenvalue weighted by molar-refractivity contribution is -0.128. The van der Waals surface area contributed by atoms with Gasteiger partial charge in [0.25, 0.3) is 0 Å². The molecule has 0 amide bonds. The van der Waals surface area contributed by atoms with E-state index in [0.29, 0.717) is 12.9 Å². The minimum atomic E-state index is -0.643. The van der Waals surface area contributed by atoms with E-state index in [1.807, 2.05) is 0 Å². The van der Waals surface area contributed by atoms with Gasteiger partial charge >= 0.3 is 0 Å². The molecule has 0 aliphatic carbocycles. The lowest BCUT2D eigenvalue weighted by atomic mass is 10.1. The summed E-state index contributed by atoms with van der Waals surface area (Å²) in [4.78, 5) is 20.6. The summed E-state index contributed by atoms with van der Waals surface area (Å²) < 4.78 is 9.95. The van der Waals surface area contributed by atoms with Crippen molar-refractivity contribution in [2.24, 2.45) is 0 Å². The summed E-state index contributed by atoms with van der Waals surface area (Å²) in [6.07, 6.45) is 0.454. The molecule has 0 aromatic carbocycles. The van der Waals surface area contributed by atoms with Gasteiger partial charge in [-0.05, 0) is 6.92 Å². The fraction of sp³-hybridized carbons (Fsp3) is 0.750. The lowest BCUT2D eigenvalue weighted by Crippen LogP contribution is -2.32. The van der Waals surface area contributed by atoms with Crippen LogP contribution in [0.15, 0.2) is 0 Å². The van der Waals surface area contributed by atoms with Gasteiger partial charge in [0.1, 0.15) is 12.4 Å². The van der Waals surface area contributed by atoms with Gasteiger partial charge in [0.2, 0.25) is 0 Å². The summed E-state index contributed by atoms with van der Waals surface area (Å²) in [7, 11) is 1.41. The number of methoxy groups -OCH3 is 1. The van der Waals surface area contributed by atoms with Crippen LogP contribution in [0.25, 0.3) is 0 Å². The number of hydrogen-bond donors (Lipinski definition) is 0. The second kappa shape index (κ2) is 6.94. The maximum absolute atomic E-state index is 10.4. The minimum absolute atomic E-state index is 0.186. The first-order chi connectivity index (χ1) is 5.79. The molecular weight excluding hydrogens is 160 g/mol. The minimum Gasteiger partial charge on any atom is -0.375 e. The number of hydrogen-bond acceptors (Lipinski definition) is 4. The maximum Gasteiger partial charge on any atom is 0.151 e. The van der Waals surface area contributed by atoms with Gasteiger partial charge in [-0.15, -0.1) is 0 Å². The van der Waals surface area contributed by atoms with Crippen LogP contribution in [-0.4, -0.2) is 38.5 Å². The molecule has 12 heavy (non-hydrogen) atoms. The van der Waals surface area contributed by atoms with Gasteiger partial charge in [-0.1, -0.05) is 0 Å². The van der Waals surface area contributed by atoms with Gasteiger partial charge in [-0.25, -0.2) is 0 Å². The molecule has 0 saturated heterocycles. The number of carbonyl (C=O) groups is 2. The summed E-state index contributed by atoms with van der Waals surface area (Å²) in [5.74, 6) is 0. The molecule has 0 N–H and O–H groups in total. The van der Waals surface area contributed by atoms with Crippen molar-refractivity contribution in [3.63, 3.8) is 0 Å². The third kappa shape index (κ3) is 3.59. The molecule has 0 bridgehead atoms. The average Bonchev–Trinajstić information content (AvgIpc) is 2.07. The Morgan fingerprint density at radius 1 is 1.42 bits per heavy atom. The molecule has 2 unspecified atom stereocenters. The Morgan fingerprint density at radius 2 is 2.08 bits per heavy atom. The van der Waals surface area contributed by atoms with Gasteiger partial charge < -0.3 is 19.1 Å². The Bertz CT molecular complexity index is 135. The van der Waals surface area contributed by atoms with Crippen LogP contribution >= 0.6 is 0 Å². The first kappa shape index (κ1) is 11.3. The second-order valence-electron chi connectivity index (χ2n) is 2.23. The summed E-state index contributed by atoms with van der Waals surface area (Å²) >= 11 is 0. The van der Waals surface area contributed by atoms with E-state index in [4.69, 9.17) is 9.47 Å². The molecular formula is C8H14O4. The molecule has 0 aromatic rings. The van der Waals surface area contributed by atoms with Gasteiger partial charge in [0.05, 0.1) is 6.10 Å². The zero-order valence-corrected chi connectivity index (χ0v) is 7.36. The van der Waals surface area contributed by atoms with Crippen LogP contribution in [0.1, 0.15) is 13.3 Å². The van der Waals surface area contributed by atoms with E-state index >= 15 is 0 Å². The molecule has 4 heteroatoms. The summed E-state index contributed by atoms with van der Waals surface area (Å²) in [6.45, 7) is 2.27. The van der Waals surface area contributed by atoms with Crippen LogP contribution in [0.2, 0.25) is 0 Å². The van der Waals surface area contributed by atoms with Crippen molar-refractivity contribution < 1.29 is 19.1 Å². The molecule has 0 aromatic heterocycles. The molecule has 4 nitrogen and oxygen atoms in total. The Hall–Kier alpha value is -0.740. The van der Waals surface area contributed by atoms with Crippen LogP contribution in [-0.2, 0) is 19.1 Å². The van der Waals surface area contributed by atoms with E-state index in [-0.39, 0.29) is 6.42 Å². The monoisotopic (exact) mass is 174 g/mol. The molecule has 0 saturated carbocycles. The highest BCUT2D eigenvalue weighted by Gasteiger charge is 2.20. The summed E-state index contributed by atoms with van der Waals surface area (Å²) in [6, 6.07) is 0. The topological polar surface area (TPSA) is 52.6 Å². The van der Waals surface area contributed by atoms with Gasteiger partial charge in [-0.2, -0.15) is 0 Å². The van der Waals surface area contributed by atoms with Crippen molar-refractivity contribution in [2.75, 3.05) is 13.7 Å². The Labute approximate surface area is 71.8 Å². The van der Waals surface area contributed by atoms with Crippen LogP contribution in [0.4, 0.5) is 0 Å². The molecule has 0 aliphatic rings. The smallest absolute Gasteiger partial charge is 0.151 e. The van der Waals surface area contributed by atoms with Crippen molar-refractivity contribution in [3.05, 3.63) is 0 Å². The summed E-state index contributed by atoms with van der Waals surface area (Å²) in [5.41, 5.74) is 0. The maximum atomic E-state index is 10.4. The predicted molar refractivity (Wildman–Crippen MR) is 43.0 cm³/mol. The highest BCUT2D eigenvalue weighted by atomic mass is 16.5. The van der Waals surface area contributed by atoms with Crippen LogP contribution in [0.3, 0.4) is 0 Å². The molecule has 0 spiro atoms. The van der Waals surface area contributed by atoms with E-state index < -0.39 is 12.2 Å². The van der Waals surface area contributed by atoms with Gasteiger partial charge in [0, 0.05) is 20.1 Å². The fourth-order valence-corrected chi connectivity index (χ4v) is 0.901. The van der Waals surface area contributed by atoms with E-state index in [0.717, 1.165) is 6.29 Å². The van der Waals surface area contributed by atoms with Crippen molar-refractivity contribution >= 4 is 12.6 Å². The third-order valence-corrected chi connectivity index (χ3v) is 1.48. The predicted octanol–water partition coefficient (Wildman–Crippen LogP) is 0.194. The van der Waals surface area contributed by atoms with E-state index in [2.05, 4.69) is 0 Å². The standard InChI is InChI=1S/C8H14O4/c1-3-12-7(4-5-9)8(6-10)11-2/h5-8H,3-4H2,1-2H3. The second-order valence-corrected chi connectivity index (χ2v) is 2.23. The quantitative estimate of drug-likeness (QED) is 0.517. The third-order valence-electron chi connectivity index (χ3n) is 1.48. The van der Waals surface area contributed by atoms with Crippen LogP contribution < -0.4 is 0 Å². The molecule has 2 atom stereocenters. The summed E-state index contributed by atoms with van der Waals surface area (Å²) in [5, 5.41) is 0. The van der Waals surface area contributed by atoms with Gasteiger partial charge in [0.15, 0.2) is 6.29 Å². The Morgan fingerprint density at radius 3 is 2.42 bits per heavy atom. The van der Waals surface area contributed by atoms with E-state index in [9.17, 15) is 9.59 Å². The highest BCUT2D eigenvalue weighted by Crippen LogP contribution is 2.04. The first-order valence-corrected chi connectivity index (χ1v) is 3.83. The van der Waals surface area contributed by atoms with Crippen molar-refractivity contribution in [1.82, 2.24) is 0 Å². The molecule has 0 fully saturated rings. The van der Waals surface area contributed by atoms with E-state index in [1.54, 1.807) is 6.92 Å². The van der Waals surface area contributed by atoms with Crippen LogP contribution in [0, 0.1) is 0 Å². The number of aldehydes is 2. The largest absolute Gasteiger partial charge is 0.375 e. The molecule has 0 rings (SSSR count). The molecule has 70 valence electrons. The molecule has 0 heterocycles. The van der Waals surface area contributed by atoms with Crippen molar-refractivity contribution in [1.29, 1.82) is 0 Å². The van der Waals surface area contributed by atoms with Crippen LogP contribution in [0.5, 0.6) is 0 Å². The Balaban J connectivity index is 4.03. The highest BCUT2D eigenvalue weighted by molar-refractivity contribution is 5.59. The SMILES string of the molecule is CCOC(CC=O)C(C=O)OC. The zero-order valence-electron chi connectivity index (χ0n) is 7.36. The normalized spacial score (nSPS) is 15.2. The molecule has 0 radical (unpaired) electrons. The van der Waals surface area contributed by atoms with Crippen molar-refractivity contribution in [2.45, 2.75) is 25.6 Å². The number of ether oxygens (including phenoxy) is 2. The lowest BCUT2D eigenvalue weighted by Gasteiger charge is -2.18. The fourth-order valence-electron chi connectivity index (χ4n) is 0.901.